The molecule has 0 aliphatic carbocycles. The molecule has 1 heterocycles. The van der Waals surface area contributed by atoms with Gasteiger partial charge in [-0.3, -0.25) is 0 Å². The molecule has 0 unspecified atom stereocenters. The van der Waals surface area contributed by atoms with Crippen LogP contribution in [0, 0.1) is 6.92 Å². The van der Waals surface area contributed by atoms with Crippen LogP contribution in [0.1, 0.15) is 24.1 Å². The van der Waals surface area contributed by atoms with Crippen molar-refractivity contribution < 1.29 is 0 Å². The fourth-order valence-electron chi connectivity index (χ4n) is 0.857. The van der Waals surface area contributed by atoms with Crippen LogP contribution in [0.2, 0.25) is 0 Å². The summed E-state index contributed by atoms with van der Waals surface area (Å²) in [7, 11) is 0. The third kappa shape index (κ3) is 1.75. The maximum atomic E-state index is 4.20. The van der Waals surface area contributed by atoms with Gasteiger partial charge in [0, 0.05) is 0 Å². The topological polar surface area (TPSA) is 38.7 Å². The lowest BCUT2D eigenvalue weighted by molar-refractivity contribution is 0.891. The fourth-order valence-corrected chi connectivity index (χ4v) is 0.857. The van der Waals surface area contributed by atoms with E-state index in [1.54, 1.807) is 6.08 Å². The van der Waals surface area contributed by atoms with Crippen molar-refractivity contribution >= 4 is 12.2 Å². The second-order valence-corrected chi connectivity index (χ2v) is 2.33. The van der Waals surface area contributed by atoms with E-state index < -0.39 is 0 Å². The predicted octanol–water partition coefficient (Wildman–Crippen LogP) is 1.86. The zero-order valence-electron chi connectivity index (χ0n) is 7.28. The Morgan fingerprint density at radius 2 is 2.00 bits per heavy atom. The van der Waals surface area contributed by atoms with Gasteiger partial charge in [0.05, 0.1) is 5.69 Å². The minimum Gasteiger partial charge on any atom is -0.230 e. The minimum absolute atomic E-state index is 0.675. The molecule has 0 fully saturated rings. The van der Waals surface area contributed by atoms with Gasteiger partial charge >= 0.3 is 0 Å². The largest absolute Gasteiger partial charge is 0.230 e. The lowest BCUT2D eigenvalue weighted by atomic mass is 10.3. The molecule has 62 valence electrons. The van der Waals surface area contributed by atoms with E-state index in [1.165, 1.54) is 0 Å². The zero-order chi connectivity index (χ0) is 8.97. The lowest BCUT2D eigenvalue weighted by Crippen LogP contribution is -1.98. The Labute approximate surface area is 71.9 Å². The van der Waals surface area contributed by atoms with E-state index in [1.807, 2.05) is 26.0 Å². The van der Waals surface area contributed by atoms with Crippen LogP contribution in [-0.4, -0.2) is 15.2 Å². The van der Waals surface area contributed by atoms with E-state index >= 15 is 0 Å². The van der Waals surface area contributed by atoms with Crippen LogP contribution in [0.25, 0.3) is 12.2 Å². The van der Waals surface area contributed by atoms with E-state index in [2.05, 4.69) is 21.8 Å². The van der Waals surface area contributed by atoms with E-state index in [0.717, 1.165) is 11.4 Å². The molecule has 1 aromatic rings. The Bertz CT molecular complexity index is 316. The van der Waals surface area contributed by atoms with Gasteiger partial charge in [0.2, 0.25) is 0 Å². The van der Waals surface area contributed by atoms with Crippen LogP contribution in [0.3, 0.4) is 0 Å². The van der Waals surface area contributed by atoms with Crippen LogP contribution < -0.4 is 0 Å². The average molecular weight is 161 g/mol. The fraction of sp³-hybridized carbons (Fsp3) is 0.222. The Hall–Kier alpha value is -1.51. The van der Waals surface area contributed by atoms with Crippen LogP contribution in [0.15, 0.2) is 12.7 Å². The smallest absolute Gasteiger partial charge is 0.148 e. The van der Waals surface area contributed by atoms with Gasteiger partial charge in [0.15, 0.2) is 0 Å². The van der Waals surface area contributed by atoms with Crippen LogP contribution in [0.4, 0.5) is 0 Å². The first-order valence-electron chi connectivity index (χ1n) is 3.74. The summed E-state index contributed by atoms with van der Waals surface area (Å²) in [6.45, 7) is 7.37. The number of hydrogen-bond donors (Lipinski definition) is 0. The predicted molar refractivity (Wildman–Crippen MR) is 49.4 cm³/mol. The van der Waals surface area contributed by atoms with E-state index in [9.17, 15) is 0 Å². The van der Waals surface area contributed by atoms with Crippen LogP contribution in [0.5, 0.6) is 0 Å². The molecule has 0 amide bonds. The lowest BCUT2D eigenvalue weighted by Gasteiger charge is -1.97. The summed E-state index contributed by atoms with van der Waals surface area (Å²) >= 11 is 0. The van der Waals surface area contributed by atoms with Gasteiger partial charge in [-0.25, -0.2) is 4.98 Å². The summed E-state index contributed by atoms with van der Waals surface area (Å²) < 4.78 is 0. The van der Waals surface area contributed by atoms with Gasteiger partial charge in [-0.15, -0.1) is 10.2 Å². The molecule has 1 aromatic heterocycles. The van der Waals surface area contributed by atoms with Crippen LogP contribution >= 0.6 is 0 Å². The first kappa shape index (κ1) is 8.59. The van der Waals surface area contributed by atoms with Gasteiger partial charge in [-0.05, 0) is 26.0 Å². The molecule has 0 aliphatic rings. The number of aromatic nitrogens is 3. The Kier molecular flexibility index (Phi) is 2.69. The number of hydrogen-bond acceptors (Lipinski definition) is 3. The Morgan fingerprint density at radius 1 is 1.25 bits per heavy atom. The Balaban J connectivity index is 3.20. The molecule has 3 heteroatoms. The van der Waals surface area contributed by atoms with Crippen molar-refractivity contribution in [3.8, 4) is 0 Å². The summed E-state index contributed by atoms with van der Waals surface area (Å²) in [5.41, 5.74) is 1.54. The number of aryl methyl sites for hydroxylation is 1. The molecule has 0 radical (unpaired) electrons. The second kappa shape index (κ2) is 3.76. The van der Waals surface area contributed by atoms with Crippen molar-refractivity contribution in [3.05, 3.63) is 29.9 Å². The zero-order valence-corrected chi connectivity index (χ0v) is 7.28. The van der Waals surface area contributed by atoms with Crippen molar-refractivity contribution in [2.45, 2.75) is 13.8 Å². The molecule has 12 heavy (non-hydrogen) atoms. The minimum atomic E-state index is 0.675. The molecule has 0 aliphatic heterocycles. The monoisotopic (exact) mass is 161 g/mol. The van der Waals surface area contributed by atoms with E-state index in [-0.39, 0.29) is 0 Å². The average Bonchev–Trinajstić information content (AvgIpc) is 2.05. The third-order valence-electron chi connectivity index (χ3n) is 1.37. The molecule has 0 atom stereocenters. The molecule has 0 spiro atoms. The first-order valence-corrected chi connectivity index (χ1v) is 3.74. The van der Waals surface area contributed by atoms with Crippen molar-refractivity contribution in [3.63, 3.8) is 0 Å². The normalized spacial score (nSPS) is 10.5. The summed E-state index contributed by atoms with van der Waals surface area (Å²) in [6.07, 6.45) is 5.45. The number of allylic oxidation sites excluding steroid dienone is 1. The maximum absolute atomic E-state index is 4.20. The molecular weight excluding hydrogens is 150 g/mol. The van der Waals surface area contributed by atoms with Crippen LogP contribution in [-0.2, 0) is 0 Å². The highest BCUT2D eigenvalue weighted by Crippen LogP contribution is 2.05. The van der Waals surface area contributed by atoms with Crippen molar-refractivity contribution in [1.82, 2.24) is 15.2 Å². The van der Waals surface area contributed by atoms with Gasteiger partial charge in [-0.1, -0.05) is 12.7 Å². The standard InChI is InChI=1S/C9H11N3/c1-4-6-9-8(5-2)12-11-7(3)10-9/h4-6H,2H2,1,3H3/b6-4-. The Morgan fingerprint density at radius 3 is 2.58 bits per heavy atom. The first-order chi connectivity index (χ1) is 5.77. The summed E-state index contributed by atoms with van der Waals surface area (Å²) in [5, 5.41) is 7.76. The molecule has 0 saturated heterocycles. The summed E-state index contributed by atoms with van der Waals surface area (Å²) in [4.78, 5) is 4.20. The SMILES string of the molecule is C=Cc1nnc(C)nc1/C=C\C. The highest BCUT2D eigenvalue weighted by Gasteiger charge is 1.99. The van der Waals surface area contributed by atoms with Crippen molar-refractivity contribution in [1.29, 1.82) is 0 Å². The molecule has 1 rings (SSSR count). The molecule has 0 aromatic carbocycles. The molecule has 0 N–H and O–H groups in total. The number of rotatable bonds is 2. The molecule has 0 bridgehead atoms. The third-order valence-corrected chi connectivity index (χ3v) is 1.37. The van der Waals surface area contributed by atoms with Crippen molar-refractivity contribution in [2.75, 3.05) is 0 Å². The quantitative estimate of drug-likeness (QED) is 0.664. The molecule has 3 nitrogen and oxygen atoms in total. The van der Waals surface area contributed by atoms with Gasteiger partial charge in [0.25, 0.3) is 0 Å². The maximum Gasteiger partial charge on any atom is 0.148 e. The van der Waals surface area contributed by atoms with Gasteiger partial charge < -0.3 is 0 Å². The second-order valence-electron chi connectivity index (χ2n) is 2.33. The van der Waals surface area contributed by atoms with Crippen molar-refractivity contribution in [2.24, 2.45) is 0 Å². The highest BCUT2D eigenvalue weighted by molar-refractivity contribution is 5.57. The summed E-state index contributed by atoms with van der Waals surface area (Å²) in [6, 6.07) is 0. The molecular formula is C9H11N3. The molecule has 0 saturated carbocycles. The van der Waals surface area contributed by atoms with E-state index in [4.69, 9.17) is 0 Å². The summed E-state index contributed by atoms with van der Waals surface area (Å²) in [5.74, 6) is 0.675. The number of nitrogens with zero attached hydrogens (tertiary/aromatic N) is 3. The van der Waals surface area contributed by atoms with Gasteiger partial charge in [0.1, 0.15) is 11.5 Å². The van der Waals surface area contributed by atoms with Gasteiger partial charge in [-0.2, -0.15) is 0 Å². The highest BCUT2D eigenvalue weighted by atomic mass is 15.2. The van der Waals surface area contributed by atoms with E-state index in [0.29, 0.717) is 5.82 Å².